The van der Waals surface area contributed by atoms with E-state index < -0.39 is 0 Å². The molecule has 0 saturated carbocycles. The van der Waals surface area contributed by atoms with Gasteiger partial charge >= 0.3 is 0 Å². The van der Waals surface area contributed by atoms with Gasteiger partial charge in [0.25, 0.3) is 0 Å². The van der Waals surface area contributed by atoms with E-state index in [-0.39, 0.29) is 0 Å². The lowest BCUT2D eigenvalue weighted by molar-refractivity contribution is 0.395. The fourth-order valence-corrected chi connectivity index (χ4v) is 3.50. The van der Waals surface area contributed by atoms with Gasteiger partial charge in [-0.05, 0) is 33.7 Å². The van der Waals surface area contributed by atoms with Gasteiger partial charge in [0.15, 0.2) is 0 Å². The molecule has 0 spiro atoms. The predicted molar refractivity (Wildman–Crippen MR) is 113 cm³/mol. The molecule has 0 aromatic heterocycles. The number of fused-ring (bicyclic) bond motifs is 2. The number of benzene rings is 4. The summed E-state index contributed by atoms with van der Waals surface area (Å²) in [7, 11) is 3.18. The van der Waals surface area contributed by atoms with Crippen molar-refractivity contribution in [3.63, 3.8) is 0 Å². The van der Waals surface area contributed by atoms with Crippen LogP contribution in [0.25, 0.3) is 21.5 Å². The minimum absolute atomic E-state index is 0.494. The fraction of sp³-hybridized carbons (Fsp3) is 0.0870. The van der Waals surface area contributed by atoms with Crippen molar-refractivity contribution in [1.29, 1.82) is 0 Å². The molecule has 0 unspecified atom stereocenters. The summed E-state index contributed by atoms with van der Waals surface area (Å²) in [6.07, 6.45) is 1.88. The molecule has 0 heterocycles. The molecule has 0 fully saturated rings. The number of hydrogen-bond donors (Lipinski definition) is 0. The highest BCUT2D eigenvalue weighted by Gasteiger charge is 2.10. The summed E-state index contributed by atoms with van der Waals surface area (Å²) >= 11 is 6.28. The van der Waals surface area contributed by atoms with E-state index in [0.717, 1.165) is 16.3 Å². The Hall–Kier alpha value is -3.04. The third-order valence-corrected chi connectivity index (χ3v) is 4.89. The lowest BCUT2D eigenvalue weighted by Crippen LogP contribution is -1.90. The quantitative estimate of drug-likeness (QED) is 0.304. The Balaban J connectivity index is 1.91. The van der Waals surface area contributed by atoms with Crippen LogP contribution in [0.4, 0.5) is 5.69 Å². The van der Waals surface area contributed by atoms with Gasteiger partial charge in [0.05, 0.1) is 19.2 Å². The lowest BCUT2D eigenvalue weighted by atomic mass is 9.97. The molecule has 0 aliphatic heterocycles. The molecule has 0 aliphatic rings. The second-order valence-electron chi connectivity index (χ2n) is 6.15. The number of rotatable bonds is 4. The van der Waals surface area contributed by atoms with Crippen molar-refractivity contribution >= 4 is 45.0 Å². The molecule has 0 atom stereocenters. The molecule has 0 aliphatic carbocycles. The van der Waals surface area contributed by atoms with Crippen molar-refractivity contribution in [1.82, 2.24) is 0 Å². The summed E-state index contributed by atoms with van der Waals surface area (Å²) in [5, 5.41) is 5.15. The van der Waals surface area contributed by atoms with Crippen molar-refractivity contribution in [3.8, 4) is 11.5 Å². The maximum atomic E-state index is 6.28. The van der Waals surface area contributed by atoms with Crippen LogP contribution in [-0.4, -0.2) is 20.4 Å². The zero-order valence-corrected chi connectivity index (χ0v) is 15.8. The highest BCUT2D eigenvalue weighted by atomic mass is 35.5. The van der Waals surface area contributed by atoms with E-state index in [4.69, 9.17) is 26.1 Å². The van der Waals surface area contributed by atoms with E-state index in [9.17, 15) is 0 Å². The number of aliphatic imine (C=N–C) groups is 1. The van der Waals surface area contributed by atoms with Gasteiger partial charge < -0.3 is 9.47 Å². The van der Waals surface area contributed by atoms with Crippen LogP contribution in [0, 0.1) is 0 Å². The first-order chi connectivity index (χ1) is 13.2. The third-order valence-electron chi connectivity index (χ3n) is 4.60. The normalized spacial score (nSPS) is 11.4. The maximum Gasteiger partial charge on any atom is 0.148 e. The molecule has 0 N–H and O–H groups in total. The van der Waals surface area contributed by atoms with Crippen LogP contribution in [0.5, 0.6) is 11.5 Å². The van der Waals surface area contributed by atoms with Crippen LogP contribution in [-0.2, 0) is 0 Å². The molecule has 0 radical (unpaired) electrons. The van der Waals surface area contributed by atoms with Crippen LogP contribution in [0.1, 0.15) is 5.56 Å². The molecule has 27 heavy (non-hydrogen) atoms. The van der Waals surface area contributed by atoms with Crippen LogP contribution >= 0.6 is 11.6 Å². The molecule has 0 amide bonds. The number of hydrogen-bond acceptors (Lipinski definition) is 3. The van der Waals surface area contributed by atoms with Gasteiger partial charge in [-0.15, -0.1) is 0 Å². The monoisotopic (exact) mass is 375 g/mol. The standard InChI is InChI=1S/C23H18ClNO2/c1-26-22-13-23(27-2)21(12-20(22)24)25-14-19-17-9-5-3-7-15(17)11-16-8-4-6-10-18(16)19/h3-14H,1-2H3. The first-order valence-corrected chi connectivity index (χ1v) is 8.95. The van der Waals surface area contributed by atoms with Gasteiger partial charge in [-0.1, -0.05) is 60.1 Å². The zero-order chi connectivity index (χ0) is 18.8. The van der Waals surface area contributed by atoms with E-state index in [0.29, 0.717) is 22.2 Å². The van der Waals surface area contributed by atoms with Gasteiger partial charge in [0.2, 0.25) is 0 Å². The average Bonchev–Trinajstić information content (AvgIpc) is 2.71. The first-order valence-electron chi connectivity index (χ1n) is 8.57. The van der Waals surface area contributed by atoms with Crippen molar-refractivity contribution in [2.24, 2.45) is 4.99 Å². The second kappa shape index (κ2) is 7.29. The van der Waals surface area contributed by atoms with Crippen LogP contribution in [0.2, 0.25) is 5.02 Å². The topological polar surface area (TPSA) is 30.8 Å². The van der Waals surface area contributed by atoms with Gasteiger partial charge in [-0.3, -0.25) is 4.99 Å². The van der Waals surface area contributed by atoms with Gasteiger partial charge in [-0.25, -0.2) is 0 Å². The Morgan fingerprint density at radius 2 is 1.37 bits per heavy atom. The van der Waals surface area contributed by atoms with E-state index in [1.165, 1.54) is 10.8 Å². The molecule has 3 nitrogen and oxygen atoms in total. The zero-order valence-electron chi connectivity index (χ0n) is 15.1. The predicted octanol–water partition coefficient (Wildman–Crippen LogP) is 6.41. The highest BCUT2D eigenvalue weighted by molar-refractivity contribution is 6.32. The summed E-state index contributed by atoms with van der Waals surface area (Å²) in [5.74, 6) is 1.17. The Bertz CT molecular complexity index is 1110. The van der Waals surface area contributed by atoms with Gasteiger partial charge in [0.1, 0.15) is 17.2 Å². The lowest BCUT2D eigenvalue weighted by Gasteiger charge is -2.10. The molecule has 4 aromatic carbocycles. The van der Waals surface area contributed by atoms with E-state index >= 15 is 0 Å². The van der Waals surface area contributed by atoms with E-state index in [1.807, 2.05) is 30.5 Å². The maximum absolute atomic E-state index is 6.28. The van der Waals surface area contributed by atoms with Crippen LogP contribution < -0.4 is 9.47 Å². The Morgan fingerprint density at radius 3 is 1.96 bits per heavy atom. The average molecular weight is 376 g/mol. The summed E-state index contributed by atoms with van der Waals surface area (Å²) < 4.78 is 10.7. The molecule has 4 aromatic rings. The van der Waals surface area contributed by atoms with Crippen molar-refractivity contribution in [3.05, 3.63) is 77.3 Å². The summed E-state index contributed by atoms with van der Waals surface area (Å²) in [6.45, 7) is 0. The van der Waals surface area contributed by atoms with E-state index in [1.54, 1.807) is 26.4 Å². The molecule has 4 rings (SSSR count). The highest BCUT2D eigenvalue weighted by Crippen LogP contribution is 2.38. The number of ether oxygens (including phenoxy) is 2. The Kier molecular flexibility index (Phi) is 4.69. The fourth-order valence-electron chi connectivity index (χ4n) is 3.27. The molecule has 4 heteroatoms. The molecule has 0 bridgehead atoms. The smallest absolute Gasteiger partial charge is 0.148 e. The third kappa shape index (κ3) is 3.22. The Labute approximate surface area is 162 Å². The first kappa shape index (κ1) is 17.4. The Morgan fingerprint density at radius 1 is 0.778 bits per heavy atom. The molecule has 0 saturated heterocycles. The second-order valence-corrected chi connectivity index (χ2v) is 6.56. The number of methoxy groups -OCH3 is 2. The number of halogens is 1. The minimum Gasteiger partial charge on any atom is -0.495 e. The molecular formula is C23H18ClNO2. The summed E-state index contributed by atoms with van der Waals surface area (Å²) in [5.41, 5.74) is 1.72. The summed E-state index contributed by atoms with van der Waals surface area (Å²) in [6, 6.07) is 22.3. The van der Waals surface area contributed by atoms with Gasteiger partial charge in [0, 0.05) is 17.8 Å². The SMILES string of the molecule is COc1cc(OC)c(N=Cc2c3ccccc3cc3ccccc23)cc1Cl. The van der Waals surface area contributed by atoms with Crippen LogP contribution in [0.15, 0.2) is 71.7 Å². The van der Waals surface area contributed by atoms with Crippen molar-refractivity contribution in [2.75, 3.05) is 14.2 Å². The molecule has 134 valence electrons. The minimum atomic E-state index is 0.494. The summed E-state index contributed by atoms with van der Waals surface area (Å²) in [4.78, 5) is 4.69. The number of nitrogens with zero attached hydrogens (tertiary/aromatic N) is 1. The van der Waals surface area contributed by atoms with Gasteiger partial charge in [-0.2, -0.15) is 0 Å². The van der Waals surface area contributed by atoms with E-state index in [2.05, 4.69) is 30.3 Å². The largest absolute Gasteiger partial charge is 0.495 e. The molecular weight excluding hydrogens is 358 g/mol. The van der Waals surface area contributed by atoms with Crippen molar-refractivity contribution in [2.45, 2.75) is 0 Å². The van der Waals surface area contributed by atoms with Crippen molar-refractivity contribution < 1.29 is 9.47 Å². The van der Waals surface area contributed by atoms with Crippen LogP contribution in [0.3, 0.4) is 0 Å².